The third-order valence-corrected chi connectivity index (χ3v) is 0. The van der Waals surface area contributed by atoms with Crippen LogP contribution >= 0.6 is 0 Å². The molecule has 0 atom stereocenters. The van der Waals surface area contributed by atoms with Crippen molar-refractivity contribution < 1.29 is 94.0 Å². The van der Waals surface area contributed by atoms with Crippen molar-refractivity contribution in [2.24, 2.45) is 0 Å². The van der Waals surface area contributed by atoms with Gasteiger partial charge in [0.25, 0.3) is 0 Å². The summed E-state index contributed by atoms with van der Waals surface area (Å²) in [4.78, 5) is 0. The predicted molar refractivity (Wildman–Crippen MR) is 1.37 cm³/mol. The average molecular weight is 634 g/mol. The first-order valence-electron chi connectivity index (χ1n) is 0. The van der Waals surface area contributed by atoms with E-state index in [2.05, 4.69) is 0 Å². The number of hydrogen-bond acceptors (Lipinski definition) is 0. The van der Waals surface area contributed by atoms with Crippen molar-refractivity contribution >= 4 is 0 Å². The first-order chi connectivity index (χ1) is 0. The summed E-state index contributed by atoms with van der Waals surface area (Å²) in [5.41, 5.74) is 0. The van der Waals surface area contributed by atoms with Crippen molar-refractivity contribution in [2.75, 3.05) is 0 Å². The van der Waals surface area contributed by atoms with E-state index < -0.39 is 0 Å². The van der Waals surface area contributed by atoms with Gasteiger partial charge in [-0.1, -0.05) is 0 Å². The largest absolute Gasteiger partial charge is 2.00 e. The van der Waals surface area contributed by atoms with Crippen LogP contribution in [-0.2, 0) is 94.0 Å². The molecular weight excluding hydrogens is 634 g/mol. The summed E-state index contributed by atoms with van der Waals surface area (Å²) in [6.45, 7) is 0. The summed E-state index contributed by atoms with van der Waals surface area (Å²) in [5.74, 6) is 0. The quantitative estimate of drug-likeness (QED) is 0.331. The maximum Gasteiger partial charge on any atom is 2.00 e. The van der Waals surface area contributed by atoms with E-state index in [9.17, 15) is 0 Å². The molecule has 0 fully saturated rings. The second-order valence-electron chi connectivity index (χ2n) is 0. The van der Waals surface area contributed by atoms with Gasteiger partial charge in [0.15, 0.2) is 0 Å². The Kier molecular flexibility index (Phi) is 279. The van der Waals surface area contributed by atoms with Crippen LogP contribution in [0.15, 0.2) is 0 Å². The molecule has 0 aromatic heterocycles. The molecule has 0 spiro atoms. The minimum Gasteiger partial charge on any atom is -2.00 e. The average Bonchev–Trinajstić information content (AvgIpc) is 0. The van der Waals surface area contributed by atoms with E-state index in [0.717, 1.165) is 0 Å². The molecule has 2 nitrogen and oxygen atoms in total. The molecule has 0 aliphatic carbocycles. The van der Waals surface area contributed by atoms with Crippen molar-refractivity contribution in [3.05, 3.63) is 0 Å². The van der Waals surface area contributed by atoms with Crippen LogP contribution in [0, 0.1) is 0 Å². The molecule has 0 aromatic carbocycles. The van der Waals surface area contributed by atoms with Crippen LogP contribution in [0.2, 0.25) is 0 Å². The smallest absolute Gasteiger partial charge is 2.00 e. The monoisotopic (exact) mass is 638 g/mol. The molecule has 2 radical (unpaired) electrons. The van der Waals surface area contributed by atoms with Crippen LogP contribution in [0.1, 0.15) is 0 Å². The van der Waals surface area contributed by atoms with Gasteiger partial charge in [-0.25, -0.2) is 0 Å². The molecule has 0 rings (SSSR count). The van der Waals surface area contributed by atoms with Crippen molar-refractivity contribution in [3.63, 3.8) is 0 Å². The fourth-order valence-corrected chi connectivity index (χ4v) is 0. The summed E-state index contributed by atoms with van der Waals surface area (Å²) < 4.78 is 0. The van der Waals surface area contributed by atoms with E-state index in [1.165, 1.54) is 0 Å². The molecule has 0 unspecified atom stereocenters. The summed E-state index contributed by atoms with van der Waals surface area (Å²) >= 11 is 0. The molecular formula is Hg3O2. The van der Waals surface area contributed by atoms with Crippen molar-refractivity contribution in [1.29, 1.82) is 0 Å². The molecule has 18 valence electrons. The summed E-state index contributed by atoms with van der Waals surface area (Å²) in [6, 6.07) is 0. The number of hydrogen-bond donors (Lipinski definition) is 0. The van der Waals surface area contributed by atoms with Gasteiger partial charge in [0.1, 0.15) is 0 Å². The molecule has 0 bridgehead atoms. The predicted octanol–water partition coefficient (Wildman–Crippen LogP) is -0.245. The Morgan fingerprint density at radius 3 is 0.600 bits per heavy atom. The van der Waals surface area contributed by atoms with Crippen LogP contribution in [0.4, 0.5) is 0 Å². The van der Waals surface area contributed by atoms with Gasteiger partial charge < -0.3 is 11.0 Å². The Morgan fingerprint density at radius 2 is 0.600 bits per heavy atom. The summed E-state index contributed by atoms with van der Waals surface area (Å²) in [5, 5.41) is 0. The molecule has 0 aromatic rings. The zero-order chi connectivity index (χ0) is 0. The van der Waals surface area contributed by atoms with E-state index >= 15 is 0 Å². The maximum absolute atomic E-state index is 0. The molecule has 0 saturated carbocycles. The topological polar surface area (TPSA) is 57.0 Å². The van der Waals surface area contributed by atoms with E-state index in [1.807, 2.05) is 0 Å². The maximum atomic E-state index is 0. The van der Waals surface area contributed by atoms with Crippen LogP contribution < -0.4 is 0 Å². The van der Waals surface area contributed by atoms with Crippen molar-refractivity contribution in [3.8, 4) is 0 Å². The third kappa shape index (κ3) is 20.2. The van der Waals surface area contributed by atoms with Gasteiger partial charge in [-0.3, -0.25) is 0 Å². The zero-order valence-electron chi connectivity index (χ0n) is 2.94. The van der Waals surface area contributed by atoms with E-state index in [0.29, 0.717) is 0 Å². The molecule has 0 aliphatic heterocycles. The standard InChI is InChI=1S/3Hg.2O/q2*+1;+2;2*-2. The van der Waals surface area contributed by atoms with Gasteiger partial charge in [-0.05, 0) is 0 Å². The zero-order valence-corrected chi connectivity index (χ0v) is 19.4. The van der Waals surface area contributed by atoms with Gasteiger partial charge >= 0.3 is 83.0 Å². The Hall–Kier alpha value is 2.73. The first kappa shape index (κ1) is 47.0. The SMILES string of the molecule is [Hg+2].[Hg+].[Hg+].[O-2].[O-2]. The van der Waals surface area contributed by atoms with Gasteiger partial charge in [0.05, 0.1) is 0 Å². The Morgan fingerprint density at radius 1 is 0.600 bits per heavy atom. The number of rotatable bonds is 0. The molecule has 5 heteroatoms. The second-order valence-corrected chi connectivity index (χ2v) is 0. The molecule has 5 heavy (non-hydrogen) atoms. The normalized spacial score (nSPS) is 0. The van der Waals surface area contributed by atoms with Gasteiger partial charge in [0, 0.05) is 0 Å². The Balaban J connectivity index is 0. The molecule has 0 saturated heterocycles. The second kappa shape index (κ2) is 29.7. The minimum atomic E-state index is 0. The van der Waals surface area contributed by atoms with Crippen LogP contribution in [0.3, 0.4) is 0 Å². The van der Waals surface area contributed by atoms with E-state index in [4.69, 9.17) is 0 Å². The fraction of sp³-hybridized carbons (Fsp3) is 0. The molecule has 0 aliphatic rings. The van der Waals surface area contributed by atoms with E-state index in [1.54, 1.807) is 0 Å². The first-order valence-corrected chi connectivity index (χ1v) is 0. The summed E-state index contributed by atoms with van der Waals surface area (Å²) in [7, 11) is 0. The molecule has 0 amide bonds. The fourth-order valence-electron chi connectivity index (χ4n) is 0. The van der Waals surface area contributed by atoms with Gasteiger partial charge in [-0.15, -0.1) is 0 Å². The van der Waals surface area contributed by atoms with Gasteiger partial charge in [0.2, 0.25) is 0 Å². The van der Waals surface area contributed by atoms with Crippen molar-refractivity contribution in [2.45, 2.75) is 0 Å². The Labute approximate surface area is 92.2 Å². The van der Waals surface area contributed by atoms with Crippen LogP contribution in [0.25, 0.3) is 0 Å². The van der Waals surface area contributed by atoms with E-state index in [-0.39, 0.29) is 94.0 Å². The molecule has 0 N–H and O–H groups in total. The Bertz CT molecular complexity index is 4.85. The third-order valence-electron chi connectivity index (χ3n) is 0. The van der Waals surface area contributed by atoms with Gasteiger partial charge in [-0.2, -0.15) is 0 Å². The van der Waals surface area contributed by atoms with Crippen LogP contribution in [-0.4, -0.2) is 0 Å². The van der Waals surface area contributed by atoms with Crippen molar-refractivity contribution in [1.82, 2.24) is 0 Å². The van der Waals surface area contributed by atoms with Crippen LogP contribution in [0.5, 0.6) is 0 Å². The molecule has 0 heterocycles. The summed E-state index contributed by atoms with van der Waals surface area (Å²) in [6.07, 6.45) is 0. The minimum absolute atomic E-state index is 0.